The number of nitro groups is 1. The summed E-state index contributed by atoms with van der Waals surface area (Å²) in [5.41, 5.74) is -2.45. The third kappa shape index (κ3) is 3.50. The average molecular weight is 357 g/mol. The first-order valence-electron chi connectivity index (χ1n) is 5.72. The van der Waals surface area contributed by atoms with Gasteiger partial charge in [-0.15, -0.1) is 0 Å². The zero-order valence-corrected chi connectivity index (χ0v) is 12.2. The second-order valence-electron chi connectivity index (χ2n) is 4.51. The Labute approximate surface area is 127 Å². The van der Waals surface area contributed by atoms with Crippen LogP contribution in [0.3, 0.4) is 0 Å². The van der Waals surface area contributed by atoms with Gasteiger partial charge < -0.3 is 5.32 Å². The lowest BCUT2D eigenvalue weighted by Crippen LogP contribution is -2.21. The minimum atomic E-state index is -4.84. The highest BCUT2D eigenvalue weighted by molar-refractivity contribution is 7.94. The van der Waals surface area contributed by atoms with Crippen LogP contribution in [0, 0.1) is 10.1 Å². The van der Waals surface area contributed by atoms with Gasteiger partial charge in [0.05, 0.1) is 27.3 Å². The van der Waals surface area contributed by atoms with Crippen molar-refractivity contribution in [2.75, 3.05) is 11.1 Å². The summed E-state index contributed by atoms with van der Waals surface area (Å²) in [7, 11) is -3.42. The van der Waals surface area contributed by atoms with Crippen molar-refractivity contribution in [2.24, 2.45) is 0 Å². The van der Waals surface area contributed by atoms with Crippen molar-refractivity contribution in [1.82, 2.24) is 0 Å². The molecular formula is C11H8ClF3N2O4S. The quantitative estimate of drug-likeness (QED) is 0.664. The largest absolute Gasteiger partial charge is 0.418 e. The minimum absolute atomic E-state index is 0.283. The van der Waals surface area contributed by atoms with E-state index in [2.05, 4.69) is 5.32 Å². The summed E-state index contributed by atoms with van der Waals surface area (Å²) < 4.78 is 60.7. The summed E-state index contributed by atoms with van der Waals surface area (Å²) in [6, 6.07) is 0.301. The molecule has 0 saturated heterocycles. The van der Waals surface area contributed by atoms with E-state index in [9.17, 15) is 31.7 Å². The Morgan fingerprint density at radius 3 is 2.45 bits per heavy atom. The van der Waals surface area contributed by atoms with Crippen LogP contribution in [-0.2, 0) is 16.0 Å². The molecule has 1 aromatic rings. The predicted molar refractivity (Wildman–Crippen MR) is 73.4 cm³/mol. The van der Waals surface area contributed by atoms with Crippen molar-refractivity contribution in [2.45, 2.75) is 12.2 Å². The zero-order chi connectivity index (χ0) is 16.7. The first-order chi connectivity index (χ1) is 9.99. The third-order valence-corrected chi connectivity index (χ3v) is 4.57. The van der Waals surface area contributed by atoms with E-state index in [1.165, 1.54) is 6.08 Å². The van der Waals surface area contributed by atoms with Gasteiger partial charge in [-0.1, -0.05) is 17.7 Å². The van der Waals surface area contributed by atoms with Crippen molar-refractivity contribution in [3.05, 3.63) is 44.3 Å². The van der Waals surface area contributed by atoms with Crippen LogP contribution in [0.2, 0.25) is 5.02 Å². The van der Waals surface area contributed by atoms with E-state index < -0.39 is 43.3 Å². The van der Waals surface area contributed by atoms with Crippen molar-refractivity contribution in [3.63, 3.8) is 0 Å². The lowest BCUT2D eigenvalue weighted by atomic mass is 10.1. The van der Waals surface area contributed by atoms with E-state index in [0.29, 0.717) is 6.07 Å². The molecule has 0 spiro atoms. The SMILES string of the molecule is O=[N+]([O-])c1cc(C(F)(F)F)c(Cl)cc1N[C@@H]1C=CS(=O)(=O)C1. The van der Waals surface area contributed by atoms with E-state index >= 15 is 0 Å². The number of rotatable bonds is 3. The number of hydrogen-bond donors (Lipinski definition) is 1. The summed E-state index contributed by atoms with van der Waals surface area (Å²) in [6.07, 6.45) is -3.58. The van der Waals surface area contributed by atoms with Gasteiger partial charge in [-0.2, -0.15) is 13.2 Å². The zero-order valence-electron chi connectivity index (χ0n) is 10.6. The van der Waals surface area contributed by atoms with Crippen LogP contribution < -0.4 is 5.32 Å². The van der Waals surface area contributed by atoms with E-state index in [0.717, 1.165) is 11.5 Å². The summed E-state index contributed by atoms with van der Waals surface area (Å²) in [4.78, 5) is 9.93. The Morgan fingerprint density at radius 1 is 1.36 bits per heavy atom. The molecular weight excluding hydrogens is 349 g/mol. The lowest BCUT2D eigenvalue weighted by Gasteiger charge is -2.15. The molecule has 0 unspecified atom stereocenters. The maximum Gasteiger partial charge on any atom is 0.418 e. The maximum atomic E-state index is 12.7. The van der Waals surface area contributed by atoms with Gasteiger partial charge in [0.25, 0.3) is 5.69 Å². The Bertz CT molecular complexity index is 761. The molecule has 1 aliphatic rings. The molecule has 0 aromatic heterocycles. The molecule has 22 heavy (non-hydrogen) atoms. The summed E-state index contributed by atoms with van der Waals surface area (Å²) in [6.45, 7) is 0. The van der Waals surface area contributed by atoms with Gasteiger partial charge in [0.1, 0.15) is 5.69 Å². The molecule has 1 atom stereocenters. The minimum Gasteiger partial charge on any atom is -0.372 e. The molecule has 0 radical (unpaired) electrons. The normalized spacial score (nSPS) is 20.1. The van der Waals surface area contributed by atoms with E-state index in [-0.39, 0.29) is 11.4 Å². The van der Waals surface area contributed by atoms with Gasteiger partial charge in [0, 0.05) is 11.5 Å². The fourth-order valence-electron chi connectivity index (χ4n) is 1.91. The van der Waals surface area contributed by atoms with Crippen LogP contribution in [0.25, 0.3) is 0 Å². The van der Waals surface area contributed by atoms with Gasteiger partial charge in [0.2, 0.25) is 0 Å². The van der Waals surface area contributed by atoms with Crippen LogP contribution in [0.15, 0.2) is 23.6 Å². The van der Waals surface area contributed by atoms with E-state index in [4.69, 9.17) is 11.6 Å². The van der Waals surface area contributed by atoms with Crippen molar-refractivity contribution in [3.8, 4) is 0 Å². The first-order valence-corrected chi connectivity index (χ1v) is 7.81. The number of hydrogen-bond acceptors (Lipinski definition) is 5. The van der Waals surface area contributed by atoms with Crippen molar-refractivity contribution >= 4 is 32.8 Å². The van der Waals surface area contributed by atoms with Crippen LogP contribution in [0.4, 0.5) is 24.5 Å². The molecule has 0 amide bonds. The number of halogens is 4. The molecule has 0 aliphatic carbocycles. The van der Waals surface area contributed by atoms with Gasteiger partial charge in [-0.3, -0.25) is 10.1 Å². The highest BCUT2D eigenvalue weighted by Gasteiger charge is 2.36. The number of nitrogens with one attached hydrogen (secondary N) is 1. The monoisotopic (exact) mass is 356 g/mol. The van der Waals surface area contributed by atoms with Crippen LogP contribution in [0.1, 0.15) is 5.56 Å². The summed E-state index contributed by atoms with van der Waals surface area (Å²) in [5, 5.41) is 13.7. The smallest absolute Gasteiger partial charge is 0.372 e. The predicted octanol–water partition coefficient (Wildman–Crippen LogP) is 2.99. The Morgan fingerprint density at radius 2 is 2.00 bits per heavy atom. The number of nitro benzene ring substituents is 1. The van der Waals surface area contributed by atoms with Crippen LogP contribution >= 0.6 is 11.6 Å². The number of alkyl halides is 3. The molecule has 1 aromatic carbocycles. The highest BCUT2D eigenvalue weighted by atomic mass is 35.5. The molecule has 0 bridgehead atoms. The molecule has 0 fully saturated rings. The second-order valence-corrected chi connectivity index (χ2v) is 6.85. The van der Waals surface area contributed by atoms with Crippen molar-refractivity contribution in [1.29, 1.82) is 0 Å². The number of benzene rings is 1. The standard InChI is InChI=1S/C11H8ClF3N2O4S/c12-8-4-9(16-6-1-2-22(20,21)5-6)10(17(18)19)3-7(8)11(13,14)15/h1-4,6,16H,5H2/t6-/m1/s1. The molecule has 11 heteroatoms. The molecule has 1 N–H and O–H groups in total. The van der Waals surface area contributed by atoms with Gasteiger partial charge in [-0.05, 0) is 6.07 Å². The Balaban J connectivity index is 2.42. The summed E-state index contributed by atoms with van der Waals surface area (Å²) in [5.74, 6) is -0.344. The number of sulfone groups is 1. The second kappa shape index (κ2) is 5.43. The molecule has 1 aliphatic heterocycles. The molecule has 1 heterocycles. The fraction of sp³-hybridized carbons (Fsp3) is 0.273. The van der Waals surface area contributed by atoms with Gasteiger partial charge >= 0.3 is 6.18 Å². The van der Waals surface area contributed by atoms with E-state index in [1.807, 2.05) is 0 Å². The summed E-state index contributed by atoms with van der Waals surface area (Å²) >= 11 is 5.51. The van der Waals surface area contributed by atoms with Crippen LogP contribution in [-0.4, -0.2) is 25.1 Å². The topological polar surface area (TPSA) is 89.3 Å². The molecule has 0 saturated carbocycles. The molecule has 2 rings (SSSR count). The molecule has 120 valence electrons. The number of nitrogens with zero attached hydrogens (tertiary/aromatic N) is 1. The van der Waals surface area contributed by atoms with Gasteiger partial charge in [-0.25, -0.2) is 8.42 Å². The van der Waals surface area contributed by atoms with E-state index in [1.54, 1.807) is 0 Å². The Hall–Kier alpha value is -1.81. The van der Waals surface area contributed by atoms with Crippen molar-refractivity contribution < 1.29 is 26.5 Å². The first kappa shape index (κ1) is 16.6. The third-order valence-electron chi connectivity index (χ3n) is 2.86. The lowest BCUT2D eigenvalue weighted by molar-refractivity contribution is -0.384. The number of anilines is 1. The fourth-order valence-corrected chi connectivity index (χ4v) is 3.42. The average Bonchev–Trinajstić information content (AvgIpc) is 2.66. The Kier molecular flexibility index (Phi) is 4.09. The maximum absolute atomic E-state index is 12.7. The van der Waals surface area contributed by atoms with Crippen LogP contribution in [0.5, 0.6) is 0 Å². The van der Waals surface area contributed by atoms with Gasteiger partial charge in [0.15, 0.2) is 9.84 Å². The molecule has 6 nitrogen and oxygen atoms in total. The highest BCUT2D eigenvalue weighted by Crippen LogP contribution is 2.40.